The van der Waals surface area contributed by atoms with Crippen molar-refractivity contribution in [3.63, 3.8) is 0 Å². The molecule has 0 aliphatic heterocycles. The number of hydrogen-bond acceptors (Lipinski definition) is 3. The molecule has 0 spiro atoms. The topological polar surface area (TPSA) is 60.9 Å². The molecule has 0 amide bonds. The number of anilines is 1. The van der Waals surface area contributed by atoms with Crippen LogP contribution in [0, 0.1) is 5.82 Å². The molecule has 0 atom stereocenters. The lowest BCUT2D eigenvalue weighted by molar-refractivity contribution is 0.625. The van der Waals surface area contributed by atoms with Gasteiger partial charge in [0.25, 0.3) is 0 Å². The van der Waals surface area contributed by atoms with Gasteiger partial charge < -0.3 is 5.73 Å². The molecule has 0 saturated carbocycles. The standard InChI is InChI=1S/C11H10FN3O/c12-9-3-1-8(2-4-9)6-15-7-10(13)5-14-11(15)16/h1-5,7H,6,13H2. The monoisotopic (exact) mass is 219 g/mol. The summed E-state index contributed by atoms with van der Waals surface area (Å²) in [5.74, 6) is -0.304. The maximum Gasteiger partial charge on any atom is 0.347 e. The Bertz CT molecular complexity index is 548. The van der Waals surface area contributed by atoms with Gasteiger partial charge in [-0.1, -0.05) is 12.1 Å². The van der Waals surface area contributed by atoms with Gasteiger partial charge >= 0.3 is 5.69 Å². The fraction of sp³-hybridized carbons (Fsp3) is 0.0909. The lowest BCUT2D eigenvalue weighted by Crippen LogP contribution is -2.23. The van der Waals surface area contributed by atoms with E-state index in [0.717, 1.165) is 5.56 Å². The number of hydrogen-bond donors (Lipinski definition) is 1. The van der Waals surface area contributed by atoms with Gasteiger partial charge in [0, 0.05) is 6.20 Å². The minimum absolute atomic E-state index is 0.304. The van der Waals surface area contributed by atoms with E-state index in [2.05, 4.69) is 4.98 Å². The van der Waals surface area contributed by atoms with E-state index in [0.29, 0.717) is 12.2 Å². The van der Waals surface area contributed by atoms with Gasteiger partial charge in [0.15, 0.2) is 0 Å². The van der Waals surface area contributed by atoms with Gasteiger partial charge in [-0.3, -0.25) is 4.57 Å². The van der Waals surface area contributed by atoms with Gasteiger partial charge in [-0.05, 0) is 17.7 Å². The van der Waals surface area contributed by atoms with Crippen molar-refractivity contribution in [2.75, 3.05) is 5.73 Å². The molecule has 0 bridgehead atoms. The molecule has 16 heavy (non-hydrogen) atoms. The lowest BCUT2D eigenvalue weighted by atomic mass is 10.2. The van der Waals surface area contributed by atoms with E-state index in [1.54, 1.807) is 12.1 Å². The molecule has 1 aromatic carbocycles. The smallest absolute Gasteiger partial charge is 0.347 e. The van der Waals surface area contributed by atoms with Crippen LogP contribution in [-0.2, 0) is 6.54 Å². The third kappa shape index (κ3) is 2.25. The summed E-state index contributed by atoms with van der Waals surface area (Å²) in [5, 5.41) is 0. The van der Waals surface area contributed by atoms with Gasteiger partial charge in [0.1, 0.15) is 5.82 Å². The minimum Gasteiger partial charge on any atom is -0.396 e. The Hall–Kier alpha value is -2.17. The Balaban J connectivity index is 2.30. The zero-order valence-electron chi connectivity index (χ0n) is 8.43. The predicted octanol–water partition coefficient (Wildman–Crippen LogP) is 1.01. The van der Waals surface area contributed by atoms with E-state index >= 15 is 0 Å². The predicted molar refractivity (Wildman–Crippen MR) is 58.4 cm³/mol. The van der Waals surface area contributed by atoms with Crippen LogP contribution in [0.4, 0.5) is 10.1 Å². The highest BCUT2D eigenvalue weighted by Gasteiger charge is 1.99. The van der Waals surface area contributed by atoms with Crippen LogP contribution < -0.4 is 11.4 Å². The Morgan fingerprint density at radius 3 is 2.69 bits per heavy atom. The summed E-state index contributed by atoms with van der Waals surface area (Å²) in [5.41, 5.74) is 6.38. The second kappa shape index (κ2) is 4.14. The van der Waals surface area contributed by atoms with E-state index in [9.17, 15) is 9.18 Å². The molecule has 0 fully saturated rings. The Morgan fingerprint density at radius 2 is 2.00 bits per heavy atom. The molecule has 0 aliphatic rings. The van der Waals surface area contributed by atoms with Crippen molar-refractivity contribution in [1.29, 1.82) is 0 Å². The molecule has 0 radical (unpaired) electrons. The van der Waals surface area contributed by atoms with Crippen LogP contribution in [0.3, 0.4) is 0 Å². The van der Waals surface area contributed by atoms with Crippen molar-refractivity contribution in [3.05, 3.63) is 58.5 Å². The Labute approximate surface area is 91.2 Å². The van der Waals surface area contributed by atoms with E-state index in [-0.39, 0.29) is 11.5 Å². The summed E-state index contributed by atoms with van der Waals surface area (Å²) < 4.78 is 14.0. The number of benzene rings is 1. The van der Waals surface area contributed by atoms with Crippen molar-refractivity contribution in [3.8, 4) is 0 Å². The first-order valence-electron chi connectivity index (χ1n) is 4.71. The SMILES string of the molecule is Nc1cnc(=O)n(Cc2ccc(F)cc2)c1. The van der Waals surface area contributed by atoms with Crippen LogP contribution in [0.5, 0.6) is 0 Å². The molecular weight excluding hydrogens is 209 g/mol. The van der Waals surface area contributed by atoms with Crippen LogP contribution in [0.15, 0.2) is 41.5 Å². The van der Waals surface area contributed by atoms with Gasteiger partial charge in [0.2, 0.25) is 0 Å². The summed E-state index contributed by atoms with van der Waals surface area (Å²) in [7, 11) is 0. The Kier molecular flexibility index (Phi) is 2.68. The van der Waals surface area contributed by atoms with E-state index in [1.165, 1.54) is 29.1 Å². The molecule has 1 heterocycles. The molecule has 5 heteroatoms. The number of aromatic nitrogens is 2. The largest absolute Gasteiger partial charge is 0.396 e. The zero-order valence-corrected chi connectivity index (χ0v) is 8.43. The molecule has 2 rings (SSSR count). The summed E-state index contributed by atoms with van der Waals surface area (Å²) >= 11 is 0. The van der Waals surface area contributed by atoms with Crippen LogP contribution in [-0.4, -0.2) is 9.55 Å². The number of nitrogens with zero attached hydrogens (tertiary/aromatic N) is 2. The summed E-state index contributed by atoms with van der Waals surface area (Å²) in [6, 6.07) is 5.93. The van der Waals surface area contributed by atoms with Gasteiger partial charge in [-0.15, -0.1) is 0 Å². The summed E-state index contributed by atoms with van der Waals surface area (Å²) in [4.78, 5) is 15.0. The molecule has 2 N–H and O–H groups in total. The molecular formula is C11H10FN3O. The van der Waals surface area contributed by atoms with Gasteiger partial charge in [0.05, 0.1) is 18.4 Å². The van der Waals surface area contributed by atoms with Gasteiger partial charge in [-0.2, -0.15) is 4.98 Å². The van der Waals surface area contributed by atoms with Crippen LogP contribution in [0.25, 0.3) is 0 Å². The van der Waals surface area contributed by atoms with E-state index < -0.39 is 0 Å². The third-order valence-electron chi connectivity index (χ3n) is 2.14. The van der Waals surface area contributed by atoms with Crippen molar-refractivity contribution >= 4 is 5.69 Å². The summed E-state index contributed by atoms with van der Waals surface area (Å²) in [6.45, 7) is 0.331. The molecule has 2 aromatic rings. The highest BCUT2D eigenvalue weighted by atomic mass is 19.1. The molecule has 4 nitrogen and oxygen atoms in total. The first kappa shape index (κ1) is 10.4. The molecule has 82 valence electrons. The minimum atomic E-state index is -0.376. The first-order chi connectivity index (χ1) is 7.65. The average Bonchev–Trinajstić information content (AvgIpc) is 2.27. The fourth-order valence-corrected chi connectivity index (χ4v) is 1.37. The fourth-order valence-electron chi connectivity index (χ4n) is 1.37. The number of rotatable bonds is 2. The average molecular weight is 219 g/mol. The number of halogens is 1. The zero-order chi connectivity index (χ0) is 11.5. The van der Waals surface area contributed by atoms with Gasteiger partial charge in [-0.25, -0.2) is 9.18 Å². The van der Waals surface area contributed by atoms with Crippen molar-refractivity contribution in [1.82, 2.24) is 9.55 Å². The maximum atomic E-state index is 12.7. The summed E-state index contributed by atoms with van der Waals surface area (Å²) in [6.07, 6.45) is 2.82. The van der Waals surface area contributed by atoms with E-state index in [1.807, 2.05) is 0 Å². The molecule has 1 aromatic heterocycles. The van der Waals surface area contributed by atoms with E-state index in [4.69, 9.17) is 5.73 Å². The highest BCUT2D eigenvalue weighted by Crippen LogP contribution is 2.04. The number of nitrogens with two attached hydrogens (primary N) is 1. The normalized spacial score (nSPS) is 10.3. The van der Waals surface area contributed by atoms with Crippen LogP contribution >= 0.6 is 0 Å². The van der Waals surface area contributed by atoms with Crippen LogP contribution in [0.2, 0.25) is 0 Å². The molecule has 0 saturated heterocycles. The highest BCUT2D eigenvalue weighted by molar-refractivity contribution is 5.30. The van der Waals surface area contributed by atoms with Crippen molar-refractivity contribution < 1.29 is 4.39 Å². The first-order valence-corrected chi connectivity index (χ1v) is 4.71. The van der Waals surface area contributed by atoms with Crippen LogP contribution in [0.1, 0.15) is 5.56 Å². The molecule has 0 aliphatic carbocycles. The third-order valence-corrected chi connectivity index (χ3v) is 2.14. The Morgan fingerprint density at radius 1 is 1.31 bits per heavy atom. The molecule has 0 unspecified atom stereocenters. The maximum absolute atomic E-state index is 12.7. The number of nitrogen functional groups attached to an aromatic ring is 1. The second-order valence-electron chi connectivity index (χ2n) is 3.42. The van der Waals surface area contributed by atoms with Crippen molar-refractivity contribution in [2.24, 2.45) is 0 Å². The lowest BCUT2D eigenvalue weighted by Gasteiger charge is -2.05. The van der Waals surface area contributed by atoms with Crippen molar-refractivity contribution in [2.45, 2.75) is 6.54 Å². The quantitative estimate of drug-likeness (QED) is 0.820. The second-order valence-corrected chi connectivity index (χ2v) is 3.42.